The van der Waals surface area contributed by atoms with Gasteiger partial charge in [-0.1, -0.05) is 13.3 Å². The summed E-state index contributed by atoms with van der Waals surface area (Å²) in [6.45, 7) is 1.94. The van der Waals surface area contributed by atoms with Gasteiger partial charge < -0.3 is 15.9 Å². The Morgan fingerprint density at radius 1 is 1.50 bits per heavy atom. The molecule has 88 valence electrons. The largest absolute Gasteiger partial charge is 0.504 e. The van der Waals surface area contributed by atoms with E-state index >= 15 is 0 Å². The third-order valence-electron chi connectivity index (χ3n) is 2.32. The summed E-state index contributed by atoms with van der Waals surface area (Å²) in [7, 11) is 0. The number of nitro benzene ring substituents is 1. The highest BCUT2D eigenvalue weighted by Crippen LogP contribution is 2.37. The van der Waals surface area contributed by atoms with E-state index < -0.39 is 22.1 Å². The first-order chi connectivity index (χ1) is 7.47. The molecule has 0 aromatic heterocycles. The van der Waals surface area contributed by atoms with Crippen LogP contribution in [0.2, 0.25) is 0 Å². The van der Waals surface area contributed by atoms with E-state index in [0.717, 1.165) is 6.42 Å². The first-order valence-corrected chi connectivity index (χ1v) is 4.93. The number of nitrogens with zero attached hydrogens (tertiary/aromatic N) is 1. The summed E-state index contributed by atoms with van der Waals surface area (Å²) in [6, 6.07) is 2.06. The van der Waals surface area contributed by atoms with E-state index in [2.05, 4.69) is 0 Å². The second kappa shape index (κ2) is 4.80. The van der Waals surface area contributed by atoms with Gasteiger partial charge in [0.05, 0.1) is 4.92 Å². The van der Waals surface area contributed by atoms with Gasteiger partial charge in [0, 0.05) is 12.1 Å². The van der Waals surface area contributed by atoms with Crippen LogP contribution in [0.15, 0.2) is 12.1 Å². The van der Waals surface area contributed by atoms with Gasteiger partial charge in [0.1, 0.15) is 0 Å². The van der Waals surface area contributed by atoms with Crippen molar-refractivity contribution in [2.45, 2.75) is 25.8 Å². The standard InChI is InChI=1S/C10H14N2O4/c1-2-3-7(11)6-4-8(12(15)16)10(14)9(13)5-6/h4-5,7,13-14H,2-3,11H2,1H3/t7-/m1/s1. The SMILES string of the molecule is CCC[C@@H](N)c1cc(O)c(O)c([N+](=O)[O-])c1. The molecule has 0 amide bonds. The Bertz CT molecular complexity index is 406. The zero-order chi connectivity index (χ0) is 12.3. The number of hydrogen-bond acceptors (Lipinski definition) is 5. The minimum atomic E-state index is -0.753. The van der Waals surface area contributed by atoms with E-state index in [1.54, 1.807) is 0 Å². The fourth-order valence-electron chi connectivity index (χ4n) is 1.46. The minimum absolute atomic E-state index is 0.379. The van der Waals surface area contributed by atoms with Crippen LogP contribution >= 0.6 is 0 Å². The van der Waals surface area contributed by atoms with Crippen LogP contribution < -0.4 is 5.73 Å². The molecule has 1 aromatic carbocycles. The fraction of sp³-hybridized carbons (Fsp3) is 0.400. The van der Waals surface area contributed by atoms with Crippen molar-refractivity contribution in [3.8, 4) is 11.5 Å². The second-order valence-corrected chi connectivity index (χ2v) is 3.56. The van der Waals surface area contributed by atoms with Gasteiger partial charge >= 0.3 is 5.69 Å². The van der Waals surface area contributed by atoms with Crippen LogP contribution in [-0.4, -0.2) is 15.1 Å². The van der Waals surface area contributed by atoms with Crippen molar-refractivity contribution >= 4 is 5.69 Å². The molecule has 0 fully saturated rings. The molecule has 0 bridgehead atoms. The molecule has 1 rings (SSSR count). The number of benzene rings is 1. The van der Waals surface area contributed by atoms with Crippen LogP contribution in [0, 0.1) is 10.1 Å². The molecule has 0 aliphatic rings. The van der Waals surface area contributed by atoms with Crippen molar-refractivity contribution in [2.24, 2.45) is 5.73 Å². The summed E-state index contributed by atoms with van der Waals surface area (Å²) >= 11 is 0. The van der Waals surface area contributed by atoms with Gasteiger partial charge in [-0.3, -0.25) is 10.1 Å². The zero-order valence-corrected chi connectivity index (χ0v) is 8.88. The van der Waals surface area contributed by atoms with Gasteiger partial charge in [0.25, 0.3) is 0 Å². The second-order valence-electron chi connectivity index (χ2n) is 3.56. The molecule has 0 unspecified atom stereocenters. The number of nitrogens with two attached hydrogens (primary N) is 1. The number of rotatable bonds is 4. The van der Waals surface area contributed by atoms with Gasteiger partial charge in [-0.2, -0.15) is 0 Å². The van der Waals surface area contributed by atoms with E-state index in [0.29, 0.717) is 12.0 Å². The molecule has 0 spiro atoms. The third-order valence-corrected chi connectivity index (χ3v) is 2.32. The zero-order valence-electron chi connectivity index (χ0n) is 8.88. The molecule has 6 nitrogen and oxygen atoms in total. The van der Waals surface area contributed by atoms with E-state index in [-0.39, 0.29) is 6.04 Å². The minimum Gasteiger partial charge on any atom is -0.504 e. The van der Waals surface area contributed by atoms with Crippen molar-refractivity contribution in [1.82, 2.24) is 0 Å². The quantitative estimate of drug-likeness (QED) is 0.412. The molecule has 0 saturated carbocycles. The van der Waals surface area contributed by atoms with Crippen LogP contribution in [0.5, 0.6) is 11.5 Å². The Kier molecular flexibility index (Phi) is 3.68. The number of nitro groups is 1. The molecular weight excluding hydrogens is 212 g/mol. The molecule has 6 heteroatoms. The topological polar surface area (TPSA) is 110 Å². The smallest absolute Gasteiger partial charge is 0.314 e. The Morgan fingerprint density at radius 2 is 2.12 bits per heavy atom. The Morgan fingerprint density at radius 3 is 2.62 bits per heavy atom. The molecule has 0 aliphatic heterocycles. The molecule has 4 N–H and O–H groups in total. The molecule has 0 aliphatic carbocycles. The first kappa shape index (κ1) is 12.3. The van der Waals surface area contributed by atoms with E-state index in [1.165, 1.54) is 12.1 Å². The van der Waals surface area contributed by atoms with Crippen LogP contribution in [-0.2, 0) is 0 Å². The predicted molar refractivity (Wildman–Crippen MR) is 58.3 cm³/mol. The maximum Gasteiger partial charge on any atom is 0.314 e. The molecule has 1 atom stereocenters. The number of phenols is 2. The van der Waals surface area contributed by atoms with Crippen LogP contribution in [0.1, 0.15) is 31.4 Å². The number of aromatic hydroxyl groups is 2. The fourth-order valence-corrected chi connectivity index (χ4v) is 1.46. The van der Waals surface area contributed by atoms with Gasteiger partial charge in [-0.25, -0.2) is 0 Å². The van der Waals surface area contributed by atoms with Crippen LogP contribution in [0.4, 0.5) is 5.69 Å². The maximum atomic E-state index is 10.6. The van der Waals surface area contributed by atoms with Gasteiger partial charge in [-0.15, -0.1) is 0 Å². The van der Waals surface area contributed by atoms with Crippen molar-refractivity contribution < 1.29 is 15.1 Å². The first-order valence-electron chi connectivity index (χ1n) is 4.93. The normalized spacial score (nSPS) is 12.4. The summed E-state index contributed by atoms with van der Waals surface area (Å²) in [5.74, 6) is -1.24. The van der Waals surface area contributed by atoms with Crippen molar-refractivity contribution in [1.29, 1.82) is 0 Å². The van der Waals surface area contributed by atoms with Crippen LogP contribution in [0.25, 0.3) is 0 Å². The highest BCUT2D eigenvalue weighted by Gasteiger charge is 2.20. The maximum absolute atomic E-state index is 10.6. The molecule has 0 heterocycles. The third kappa shape index (κ3) is 2.40. The summed E-state index contributed by atoms with van der Waals surface area (Å²) in [5.41, 5.74) is 5.70. The van der Waals surface area contributed by atoms with Crippen molar-refractivity contribution in [3.63, 3.8) is 0 Å². The van der Waals surface area contributed by atoms with E-state index in [9.17, 15) is 20.3 Å². The van der Waals surface area contributed by atoms with E-state index in [4.69, 9.17) is 5.73 Å². The predicted octanol–water partition coefficient (Wildman–Crippen LogP) is 1.81. The lowest BCUT2D eigenvalue weighted by Gasteiger charge is -2.11. The number of phenolic OH excluding ortho intramolecular Hbond substituents is 2. The molecule has 16 heavy (non-hydrogen) atoms. The lowest BCUT2D eigenvalue weighted by atomic mass is 10.0. The van der Waals surface area contributed by atoms with Crippen molar-refractivity contribution in [2.75, 3.05) is 0 Å². The Labute approximate surface area is 92.5 Å². The summed E-state index contributed by atoms with van der Waals surface area (Å²) < 4.78 is 0. The Balaban J connectivity index is 3.18. The van der Waals surface area contributed by atoms with Gasteiger partial charge in [0.15, 0.2) is 5.75 Å². The highest BCUT2D eigenvalue weighted by atomic mass is 16.6. The number of hydrogen-bond donors (Lipinski definition) is 3. The average Bonchev–Trinajstić information content (AvgIpc) is 2.21. The lowest BCUT2D eigenvalue weighted by Crippen LogP contribution is -2.10. The van der Waals surface area contributed by atoms with Crippen LogP contribution in [0.3, 0.4) is 0 Å². The molecule has 1 aromatic rings. The highest BCUT2D eigenvalue weighted by molar-refractivity contribution is 5.56. The summed E-state index contributed by atoms with van der Waals surface area (Å²) in [5, 5.41) is 29.2. The molecule has 0 saturated heterocycles. The lowest BCUT2D eigenvalue weighted by molar-refractivity contribution is -0.386. The molecule has 0 radical (unpaired) electrons. The van der Waals surface area contributed by atoms with Crippen molar-refractivity contribution in [3.05, 3.63) is 27.8 Å². The average molecular weight is 226 g/mol. The molecular formula is C10H14N2O4. The monoisotopic (exact) mass is 226 g/mol. The summed E-state index contributed by atoms with van der Waals surface area (Å²) in [6.07, 6.45) is 1.48. The van der Waals surface area contributed by atoms with Gasteiger partial charge in [0.2, 0.25) is 5.75 Å². The summed E-state index contributed by atoms with van der Waals surface area (Å²) in [4.78, 5) is 9.85. The Hall–Kier alpha value is -1.82. The van der Waals surface area contributed by atoms with Gasteiger partial charge in [-0.05, 0) is 18.1 Å². The van der Waals surface area contributed by atoms with E-state index in [1.807, 2.05) is 6.92 Å².